The van der Waals surface area contributed by atoms with Crippen molar-refractivity contribution in [3.63, 3.8) is 0 Å². The van der Waals surface area contributed by atoms with Gasteiger partial charge in [-0.2, -0.15) is 5.10 Å². The molecule has 1 aromatic carbocycles. The molecule has 2 aromatic rings. The average molecular weight is 349 g/mol. The standard InChI is InChI=1S/C16H19N3O4S/c1-12-10-14-11-13(4-5-15(14)19(12)24(2,21)22)16(20)23-9-8-18-7-3-6-17-18/h3-7,11-12H,8-10H2,1-2H3. The van der Waals surface area contributed by atoms with Crippen LogP contribution in [-0.2, 0) is 27.7 Å². The van der Waals surface area contributed by atoms with E-state index in [0.29, 0.717) is 24.2 Å². The Bertz CT molecular complexity index is 846. The third-order valence-electron chi connectivity index (χ3n) is 3.94. The molecule has 1 unspecified atom stereocenters. The molecule has 1 atom stereocenters. The maximum absolute atomic E-state index is 12.1. The Kier molecular flexibility index (Phi) is 4.31. The van der Waals surface area contributed by atoms with Gasteiger partial charge in [-0.3, -0.25) is 8.99 Å². The van der Waals surface area contributed by atoms with Gasteiger partial charge in [0.2, 0.25) is 10.0 Å². The molecule has 1 aliphatic heterocycles. The van der Waals surface area contributed by atoms with Gasteiger partial charge in [0.25, 0.3) is 0 Å². The first-order chi connectivity index (χ1) is 11.4. The second-order valence-electron chi connectivity index (χ2n) is 5.86. The minimum atomic E-state index is -3.33. The molecule has 0 fully saturated rings. The Morgan fingerprint density at radius 3 is 2.88 bits per heavy atom. The Morgan fingerprint density at radius 2 is 2.21 bits per heavy atom. The van der Waals surface area contributed by atoms with E-state index < -0.39 is 16.0 Å². The zero-order valence-electron chi connectivity index (χ0n) is 13.5. The van der Waals surface area contributed by atoms with Crippen LogP contribution in [0.25, 0.3) is 0 Å². The largest absolute Gasteiger partial charge is 0.460 e. The summed E-state index contributed by atoms with van der Waals surface area (Å²) in [6.45, 7) is 2.56. The van der Waals surface area contributed by atoms with E-state index in [1.807, 2.05) is 6.92 Å². The molecule has 0 aliphatic carbocycles. The van der Waals surface area contributed by atoms with Crippen molar-refractivity contribution in [2.45, 2.75) is 25.9 Å². The van der Waals surface area contributed by atoms with Crippen LogP contribution in [0.2, 0.25) is 0 Å². The van der Waals surface area contributed by atoms with Crippen LogP contribution in [0.15, 0.2) is 36.7 Å². The van der Waals surface area contributed by atoms with E-state index in [0.717, 1.165) is 5.56 Å². The molecule has 7 nitrogen and oxygen atoms in total. The topological polar surface area (TPSA) is 81.5 Å². The van der Waals surface area contributed by atoms with Crippen molar-refractivity contribution in [2.75, 3.05) is 17.2 Å². The average Bonchev–Trinajstić information content (AvgIpc) is 3.11. The Morgan fingerprint density at radius 1 is 1.42 bits per heavy atom. The molecule has 24 heavy (non-hydrogen) atoms. The van der Waals surface area contributed by atoms with Crippen LogP contribution in [-0.4, -0.2) is 43.1 Å². The zero-order chi connectivity index (χ0) is 17.3. The molecule has 0 spiro atoms. The minimum Gasteiger partial charge on any atom is -0.460 e. The van der Waals surface area contributed by atoms with Crippen LogP contribution in [0.1, 0.15) is 22.8 Å². The molecular weight excluding hydrogens is 330 g/mol. The van der Waals surface area contributed by atoms with Gasteiger partial charge in [-0.05, 0) is 43.2 Å². The number of anilines is 1. The summed E-state index contributed by atoms with van der Waals surface area (Å²) in [7, 11) is -3.33. The lowest BCUT2D eigenvalue weighted by Gasteiger charge is -2.21. The SMILES string of the molecule is CC1Cc2cc(C(=O)OCCn3cccn3)ccc2N1S(C)(=O)=O. The number of aromatic nitrogens is 2. The number of fused-ring (bicyclic) bond motifs is 1. The lowest BCUT2D eigenvalue weighted by molar-refractivity contribution is 0.0487. The summed E-state index contributed by atoms with van der Waals surface area (Å²) in [5.74, 6) is -0.421. The van der Waals surface area contributed by atoms with Crippen LogP contribution >= 0.6 is 0 Å². The first-order valence-corrected chi connectivity index (χ1v) is 9.48. The first kappa shape index (κ1) is 16.5. The van der Waals surface area contributed by atoms with Gasteiger partial charge in [-0.1, -0.05) is 0 Å². The number of hydrogen-bond acceptors (Lipinski definition) is 5. The second kappa shape index (κ2) is 6.27. The van der Waals surface area contributed by atoms with Crippen LogP contribution in [0.3, 0.4) is 0 Å². The Balaban J connectivity index is 1.70. The van der Waals surface area contributed by atoms with Crippen molar-refractivity contribution in [1.29, 1.82) is 0 Å². The third-order valence-corrected chi connectivity index (χ3v) is 5.21. The number of carbonyl (C=O) groups excluding carboxylic acids is 1. The number of sulfonamides is 1. The van der Waals surface area contributed by atoms with Gasteiger partial charge < -0.3 is 4.74 Å². The first-order valence-electron chi connectivity index (χ1n) is 7.63. The normalized spacial score (nSPS) is 16.9. The van der Waals surface area contributed by atoms with Crippen LogP contribution in [0, 0.1) is 0 Å². The number of rotatable bonds is 5. The fourth-order valence-corrected chi connectivity index (χ4v) is 4.25. The van der Waals surface area contributed by atoms with Crippen molar-refractivity contribution in [2.24, 2.45) is 0 Å². The number of nitrogens with zero attached hydrogens (tertiary/aromatic N) is 3. The van der Waals surface area contributed by atoms with E-state index in [4.69, 9.17) is 4.74 Å². The van der Waals surface area contributed by atoms with E-state index in [1.165, 1.54) is 10.6 Å². The molecule has 2 heterocycles. The smallest absolute Gasteiger partial charge is 0.338 e. The maximum Gasteiger partial charge on any atom is 0.338 e. The van der Waals surface area contributed by atoms with E-state index in [-0.39, 0.29) is 12.6 Å². The highest BCUT2D eigenvalue weighted by atomic mass is 32.2. The number of hydrogen-bond donors (Lipinski definition) is 0. The predicted octanol–water partition coefficient (Wildman–Crippen LogP) is 1.45. The highest BCUT2D eigenvalue weighted by molar-refractivity contribution is 7.92. The van der Waals surface area contributed by atoms with Gasteiger partial charge >= 0.3 is 5.97 Å². The zero-order valence-corrected chi connectivity index (χ0v) is 14.4. The van der Waals surface area contributed by atoms with Gasteiger partial charge in [-0.25, -0.2) is 13.2 Å². The minimum absolute atomic E-state index is 0.152. The molecule has 0 saturated carbocycles. The molecule has 0 radical (unpaired) electrons. The van der Waals surface area contributed by atoms with Crippen molar-refractivity contribution in [1.82, 2.24) is 9.78 Å². The van der Waals surface area contributed by atoms with E-state index in [2.05, 4.69) is 5.10 Å². The molecule has 128 valence electrons. The summed E-state index contributed by atoms with van der Waals surface area (Å²) in [4.78, 5) is 12.1. The number of carbonyl (C=O) groups is 1. The molecular formula is C16H19N3O4S. The lowest BCUT2D eigenvalue weighted by atomic mass is 10.1. The summed E-state index contributed by atoms with van der Waals surface area (Å²) < 4.78 is 32.1. The summed E-state index contributed by atoms with van der Waals surface area (Å²) in [6.07, 6.45) is 5.23. The summed E-state index contributed by atoms with van der Waals surface area (Å²) >= 11 is 0. The fourth-order valence-electron chi connectivity index (χ4n) is 2.98. The van der Waals surface area contributed by atoms with Gasteiger partial charge in [0.05, 0.1) is 24.1 Å². The summed E-state index contributed by atoms with van der Waals surface area (Å²) in [5, 5.41) is 4.04. The van der Waals surface area contributed by atoms with Gasteiger partial charge in [-0.15, -0.1) is 0 Å². The number of ether oxygens (including phenoxy) is 1. The number of esters is 1. The van der Waals surface area contributed by atoms with Crippen molar-refractivity contribution < 1.29 is 17.9 Å². The highest BCUT2D eigenvalue weighted by Crippen LogP contribution is 2.34. The van der Waals surface area contributed by atoms with Gasteiger partial charge in [0.15, 0.2) is 0 Å². The molecule has 3 rings (SSSR count). The van der Waals surface area contributed by atoms with E-state index >= 15 is 0 Å². The molecule has 0 amide bonds. The van der Waals surface area contributed by atoms with Crippen molar-refractivity contribution in [3.8, 4) is 0 Å². The van der Waals surface area contributed by atoms with E-state index in [1.54, 1.807) is 41.3 Å². The number of benzene rings is 1. The van der Waals surface area contributed by atoms with E-state index in [9.17, 15) is 13.2 Å². The molecule has 0 N–H and O–H groups in total. The Labute approximate surface area is 140 Å². The predicted molar refractivity (Wildman–Crippen MR) is 89.4 cm³/mol. The summed E-state index contributed by atoms with van der Waals surface area (Å²) in [5.41, 5.74) is 1.91. The fraction of sp³-hybridized carbons (Fsp3) is 0.375. The second-order valence-corrected chi connectivity index (χ2v) is 7.72. The van der Waals surface area contributed by atoms with Gasteiger partial charge in [0.1, 0.15) is 6.61 Å². The molecule has 1 aromatic heterocycles. The van der Waals surface area contributed by atoms with Crippen LogP contribution in [0.4, 0.5) is 5.69 Å². The van der Waals surface area contributed by atoms with Gasteiger partial charge in [0, 0.05) is 18.4 Å². The summed E-state index contributed by atoms with van der Waals surface area (Å²) in [6, 6.07) is 6.64. The van der Waals surface area contributed by atoms with Crippen molar-refractivity contribution >= 4 is 21.7 Å². The van der Waals surface area contributed by atoms with Crippen molar-refractivity contribution in [3.05, 3.63) is 47.8 Å². The molecule has 0 saturated heterocycles. The quantitative estimate of drug-likeness (QED) is 0.763. The molecule has 1 aliphatic rings. The molecule has 0 bridgehead atoms. The lowest BCUT2D eigenvalue weighted by Crippen LogP contribution is -2.34. The third kappa shape index (κ3) is 3.28. The molecule has 8 heteroatoms. The monoisotopic (exact) mass is 349 g/mol. The van der Waals surface area contributed by atoms with Crippen LogP contribution in [0.5, 0.6) is 0 Å². The highest BCUT2D eigenvalue weighted by Gasteiger charge is 2.32. The van der Waals surface area contributed by atoms with Crippen LogP contribution < -0.4 is 4.31 Å². The maximum atomic E-state index is 12.1. The Hall–Kier alpha value is -2.35.